The van der Waals surface area contributed by atoms with E-state index in [9.17, 15) is 9.59 Å². The lowest BCUT2D eigenvalue weighted by atomic mass is 9.99. The van der Waals surface area contributed by atoms with Crippen molar-refractivity contribution in [3.05, 3.63) is 30.1 Å². The summed E-state index contributed by atoms with van der Waals surface area (Å²) >= 11 is 0. The molecule has 3 heterocycles. The van der Waals surface area contributed by atoms with Crippen LogP contribution in [0.1, 0.15) is 37.7 Å². The molecule has 0 radical (unpaired) electrons. The molecule has 0 aromatic carbocycles. The van der Waals surface area contributed by atoms with E-state index in [1.807, 2.05) is 22.1 Å². The van der Waals surface area contributed by atoms with Crippen molar-refractivity contribution in [1.29, 1.82) is 0 Å². The van der Waals surface area contributed by atoms with Gasteiger partial charge in [-0.25, -0.2) is 0 Å². The number of carbonyl (C=O) groups excluding carboxylic acids is 2. The number of hydrogen-bond donors (Lipinski definition) is 0. The second-order valence-electron chi connectivity index (χ2n) is 7.78. The van der Waals surface area contributed by atoms with Crippen molar-refractivity contribution < 1.29 is 9.59 Å². The topological polar surface area (TPSA) is 56.8 Å². The minimum absolute atomic E-state index is 0.166. The summed E-state index contributed by atoms with van der Waals surface area (Å²) in [5, 5.41) is 0. The Labute approximate surface area is 155 Å². The third-order valence-corrected chi connectivity index (χ3v) is 5.81. The maximum absolute atomic E-state index is 13.1. The lowest BCUT2D eigenvalue weighted by molar-refractivity contribution is -0.149. The van der Waals surface area contributed by atoms with Crippen molar-refractivity contribution in [2.75, 3.05) is 32.7 Å². The monoisotopic (exact) mass is 356 g/mol. The van der Waals surface area contributed by atoms with Crippen molar-refractivity contribution in [3.8, 4) is 0 Å². The van der Waals surface area contributed by atoms with E-state index < -0.39 is 0 Å². The van der Waals surface area contributed by atoms with Crippen LogP contribution in [0.25, 0.3) is 0 Å². The van der Waals surface area contributed by atoms with E-state index in [1.54, 1.807) is 6.20 Å². The van der Waals surface area contributed by atoms with Gasteiger partial charge in [0, 0.05) is 57.6 Å². The molecule has 3 aliphatic rings. The van der Waals surface area contributed by atoms with Gasteiger partial charge in [-0.2, -0.15) is 0 Å². The van der Waals surface area contributed by atoms with Gasteiger partial charge in [0.15, 0.2) is 0 Å². The Hall–Kier alpha value is -1.95. The second kappa shape index (κ2) is 7.74. The molecule has 1 saturated carbocycles. The van der Waals surface area contributed by atoms with Crippen LogP contribution in [-0.4, -0.2) is 70.3 Å². The molecule has 4 rings (SSSR count). The van der Waals surface area contributed by atoms with Gasteiger partial charge >= 0.3 is 0 Å². The summed E-state index contributed by atoms with van der Waals surface area (Å²) in [6, 6.07) is 3.83. The Kier molecular flexibility index (Phi) is 5.20. The third kappa shape index (κ3) is 3.90. The van der Waals surface area contributed by atoms with Gasteiger partial charge in [-0.15, -0.1) is 0 Å². The molecule has 0 bridgehead atoms. The molecule has 6 nitrogen and oxygen atoms in total. The summed E-state index contributed by atoms with van der Waals surface area (Å²) in [7, 11) is 0. The van der Waals surface area contributed by atoms with Gasteiger partial charge in [-0.3, -0.25) is 19.5 Å². The zero-order chi connectivity index (χ0) is 17.9. The van der Waals surface area contributed by atoms with Crippen LogP contribution in [0.4, 0.5) is 0 Å². The highest BCUT2D eigenvalue weighted by molar-refractivity contribution is 5.89. The summed E-state index contributed by atoms with van der Waals surface area (Å²) in [6.45, 7) is 4.90. The van der Waals surface area contributed by atoms with Gasteiger partial charge in [-0.05, 0) is 43.7 Å². The minimum atomic E-state index is -0.221. The Morgan fingerprint density at radius 2 is 1.81 bits per heavy atom. The smallest absolute Gasteiger partial charge is 0.245 e. The molecule has 0 N–H and O–H groups in total. The quantitative estimate of drug-likeness (QED) is 0.821. The predicted octanol–water partition coefficient (Wildman–Crippen LogP) is 1.52. The standard InChI is InChI=1S/C20H28N4O2/c25-19(17-6-7-17)24-9-2-1-5-18(24)20(26)23-12-10-22(11-13-23)15-16-4-3-8-21-14-16/h3-4,8,14,17-18H,1-2,5-7,9-13,15H2/t18-/m0/s1. The zero-order valence-corrected chi connectivity index (χ0v) is 15.3. The first-order valence-corrected chi connectivity index (χ1v) is 9.93. The zero-order valence-electron chi connectivity index (χ0n) is 15.3. The molecule has 2 amide bonds. The van der Waals surface area contributed by atoms with Crippen LogP contribution < -0.4 is 0 Å². The van der Waals surface area contributed by atoms with Gasteiger partial charge in [0.1, 0.15) is 6.04 Å². The Balaban J connectivity index is 1.32. The maximum Gasteiger partial charge on any atom is 0.245 e. The van der Waals surface area contributed by atoms with Crippen molar-refractivity contribution in [1.82, 2.24) is 19.7 Å². The van der Waals surface area contributed by atoms with E-state index in [0.717, 1.165) is 71.4 Å². The van der Waals surface area contributed by atoms with Crippen LogP contribution in [0.5, 0.6) is 0 Å². The van der Waals surface area contributed by atoms with Crippen LogP contribution in [0.15, 0.2) is 24.5 Å². The predicted molar refractivity (Wildman–Crippen MR) is 98.2 cm³/mol. The lowest BCUT2D eigenvalue weighted by Gasteiger charge is -2.41. The summed E-state index contributed by atoms with van der Waals surface area (Å²) in [6.07, 6.45) is 8.60. The third-order valence-electron chi connectivity index (χ3n) is 5.81. The molecule has 26 heavy (non-hydrogen) atoms. The highest BCUT2D eigenvalue weighted by Gasteiger charge is 2.41. The first-order valence-electron chi connectivity index (χ1n) is 9.93. The van der Waals surface area contributed by atoms with E-state index in [1.165, 1.54) is 5.56 Å². The van der Waals surface area contributed by atoms with Crippen molar-refractivity contribution >= 4 is 11.8 Å². The number of carbonyl (C=O) groups is 2. The molecule has 1 aliphatic carbocycles. The molecule has 6 heteroatoms. The number of aromatic nitrogens is 1. The van der Waals surface area contributed by atoms with Gasteiger partial charge in [0.2, 0.25) is 11.8 Å². The van der Waals surface area contributed by atoms with Gasteiger partial charge in [0.25, 0.3) is 0 Å². The summed E-state index contributed by atoms with van der Waals surface area (Å²) in [4.78, 5) is 36.0. The molecule has 3 fully saturated rings. The average molecular weight is 356 g/mol. The van der Waals surface area contributed by atoms with Gasteiger partial charge in [-0.1, -0.05) is 6.07 Å². The van der Waals surface area contributed by atoms with Crippen LogP contribution in [0.3, 0.4) is 0 Å². The van der Waals surface area contributed by atoms with E-state index in [-0.39, 0.29) is 23.8 Å². The summed E-state index contributed by atoms with van der Waals surface area (Å²) in [5.41, 5.74) is 1.21. The number of pyridine rings is 1. The number of hydrogen-bond acceptors (Lipinski definition) is 4. The van der Waals surface area contributed by atoms with E-state index in [4.69, 9.17) is 0 Å². The number of piperazine rings is 1. The summed E-state index contributed by atoms with van der Waals surface area (Å²) in [5.74, 6) is 0.581. The molecule has 2 aliphatic heterocycles. The van der Waals surface area contributed by atoms with Crippen molar-refractivity contribution in [3.63, 3.8) is 0 Å². The van der Waals surface area contributed by atoms with E-state index in [0.29, 0.717) is 0 Å². The maximum atomic E-state index is 13.1. The Morgan fingerprint density at radius 3 is 2.50 bits per heavy atom. The first kappa shape index (κ1) is 17.5. The molecule has 1 aromatic rings. The molecular formula is C20H28N4O2. The molecule has 1 atom stereocenters. The van der Waals surface area contributed by atoms with E-state index >= 15 is 0 Å². The number of nitrogens with zero attached hydrogens (tertiary/aromatic N) is 4. The fourth-order valence-corrected chi connectivity index (χ4v) is 4.10. The van der Waals surface area contributed by atoms with Crippen LogP contribution >= 0.6 is 0 Å². The van der Waals surface area contributed by atoms with Crippen molar-refractivity contribution in [2.45, 2.75) is 44.7 Å². The summed E-state index contributed by atoms with van der Waals surface area (Å²) < 4.78 is 0. The van der Waals surface area contributed by atoms with Crippen LogP contribution in [0.2, 0.25) is 0 Å². The first-order chi connectivity index (χ1) is 12.7. The van der Waals surface area contributed by atoms with Gasteiger partial charge in [0.05, 0.1) is 0 Å². The Bertz CT molecular complexity index is 638. The van der Waals surface area contributed by atoms with Crippen LogP contribution in [-0.2, 0) is 16.1 Å². The number of piperidine rings is 1. The highest BCUT2D eigenvalue weighted by atomic mass is 16.2. The number of amides is 2. The largest absolute Gasteiger partial charge is 0.338 e. The normalized spacial score (nSPS) is 24.5. The van der Waals surface area contributed by atoms with Gasteiger partial charge < -0.3 is 9.80 Å². The number of rotatable bonds is 4. The molecule has 0 spiro atoms. The molecule has 0 unspecified atom stereocenters. The molecule has 2 saturated heterocycles. The average Bonchev–Trinajstić information content (AvgIpc) is 3.54. The van der Waals surface area contributed by atoms with E-state index in [2.05, 4.69) is 16.0 Å². The minimum Gasteiger partial charge on any atom is -0.338 e. The Morgan fingerprint density at radius 1 is 1.00 bits per heavy atom. The fourth-order valence-electron chi connectivity index (χ4n) is 4.10. The lowest BCUT2D eigenvalue weighted by Crippen LogP contribution is -2.57. The van der Waals surface area contributed by atoms with Crippen molar-refractivity contribution in [2.24, 2.45) is 5.92 Å². The highest BCUT2D eigenvalue weighted by Crippen LogP contribution is 2.33. The number of likely N-dealkylation sites (tertiary alicyclic amines) is 1. The second-order valence-corrected chi connectivity index (χ2v) is 7.78. The molecule has 140 valence electrons. The molecule has 1 aromatic heterocycles. The van der Waals surface area contributed by atoms with Crippen LogP contribution in [0, 0.1) is 5.92 Å². The fraction of sp³-hybridized carbons (Fsp3) is 0.650. The SMILES string of the molecule is O=C([C@@H]1CCCCN1C(=O)C1CC1)N1CCN(Cc2cccnc2)CC1. The molecular weight excluding hydrogens is 328 g/mol.